The van der Waals surface area contributed by atoms with Crippen molar-refractivity contribution >= 4 is 0 Å². The van der Waals surface area contributed by atoms with Gasteiger partial charge in [-0.05, 0) is 41.0 Å². The molecule has 23 heavy (non-hydrogen) atoms. The minimum Gasteiger partial charge on any atom is -0.307 e. The standard InChI is InChI=1S/C19H40N4/c1-9-19(20-15(2)3)13-22(14-19)10-17(6,7)21-18(8)11-23(12-18)16(4)5/h15-16,20-21H,9-14H2,1-8H3. The molecule has 2 aliphatic heterocycles. The van der Waals surface area contributed by atoms with Crippen LogP contribution in [0.5, 0.6) is 0 Å². The van der Waals surface area contributed by atoms with Crippen molar-refractivity contribution in [3.05, 3.63) is 0 Å². The lowest BCUT2D eigenvalue weighted by molar-refractivity contribution is -0.0185. The Hall–Kier alpha value is -0.160. The van der Waals surface area contributed by atoms with Crippen molar-refractivity contribution in [3.63, 3.8) is 0 Å². The maximum atomic E-state index is 3.94. The molecule has 136 valence electrons. The summed E-state index contributed by atoms with van der Waals surface area (Å²) >= 11 is 0. The second-order valence-corrected chi connectivity index (χ2v) is 9.65. The molecule has 2 N–H and O–H groups in total. The summed E-state index contributed by atoms with van der Waals surface area (Å²) in [5.41, 5.74) is 0.783. The highest BCUT2D eigenvalue weighted by atomic mass is 15.3. The Balaban J connectivity index is 1.79. The van der Waals surface area contributed by atoms with Gasteiger partial charge in [-0.25, -0.2) is 0 Å². The SMILES string of the molecule is CCC1(NC(C)C)CN(CC(C)(C)NC2(C)CN(C(C)C)C2)C1. The summed E-state index contributed by atoms with van der Waals surface area (Å²) < 4.78 is 0. The van der Waals surface area contributed by atoms with Gasteiger partial charge < -0.3 is 10.6 Å². The van der Waals surface area contributed by atoms with Gasteiger partial charge in [0.1, 0.15) is 0 Å². The van der Waals surface area contributed by atoms with Crippen LogP contribution in [0.2, 0.25) is 0 Å². The molecule has 4 nitrogen and oxygen atoms in total. The van der Waals surface area contributed by atoms with E-state index in [2.05, 4.69) is 75.8 Å². The zero-order valence-corrected chi connectivity index (χ0v) is 16.8. The highest BCUT2D eigenvalue weighted by Gasteiger charge is 2.46. The van der Waals surface area contributed by atoms with Gasteiger partial charge in [-0.1, -0.05) is 20.8 Å². The van der Waals surface area contributed by atoms with E-state index in [1.165, 1.54) is 32.6 Å². The Kier molecular flexibility index (Phi) is 5.52. The topological polar surface area (TPSA) is 30.5 Å². The Bertz CT molecular complexity index is 390. The third kappa shape index (κ3) is 4.68. The first kappa shape index (κ1) is 19.2. The molecule has 0 unspecified atom stereocenters. The average molecular weight is 325 g/mol. The molecule has 0 amide bonds. The van der Waals surface area contributed by atoms with E-state index in [1.807, 2.05) is 0 Å². The number of rotatable bonds is 8. The molecular formula is C19H40N4. The summed E-state index contributed by atoms with van der Waals surface area (Å²) in [5.74, 6) is 0. The van der Waals surface area contributed by atoms with Crippen molar-refractivity contribution in [2.45, 2.75) is 90.5 Å². The summed E-state index contributed by atoms with van der Waals surface area (Å²) in [4.78, 5) is 5.15. The summed E-state index contributed by atoms with van der Waals surface area (Å²) in [6, 6.07) is 1.23. The molecule has 0 spiro atoms. The molecule has 0 aromatic carbocycles. The third-order valence-electron chi connectivity index (χ3n) is 5.42. The molecule has 0 bridgehead atoms. The van der Waals surface area contributed by atoms with E-state index in [4.69, 9.17) is 0 Å². The average Bonchev–Trinajstić information content (AvgIpc) is 2.31. The molecule has 0 aromatic rings. The first-order valence-corrected chi connectivity index (χ1v) is 9.52. The fourth-order valence-corrected chi connectivity index (χ4v) is 4.66. The van der Waals surface area contributed by atoms with Crippen LogP contribution in [0.25, 0.3) is 0 Å². The van der Waals surface area contributed by atoms with Crippen LogP contribution in [0.1, 0.15) is 61.8 Å². The van der Waals surface area contributed by atoms with Crippen molar-refractivity contribution in [1.82, 2.24) is 20.4 Å². The monoisotopic (exact) mass is 324 g/mol. The fourth-order valence-electron chi connectivity index (χ4n) is 4.66. The van der Waals surface area contributed by atoms with Crippen molar-refractivity contribution in [2.75, 3.05) is 32.7 Å². The smallest absolute Gasteiger partial charge is 0.0436 e. The summed E-state index contributed by atoms with van der Waals surface area (Å²) in [5, 5.41) is 7.71. The zero-order chi connectivity index (χ0) is 17.5. The second-order valence-electron chi connectivity index (χ2n) is 9.65. The number of hydrogen-bond acceptors (Lipinski definition) is 4. The van der Waals surface area contributed by atoms with Crippen molar-refractivity contribution < 1.29 is 0 Å². The lowest BCUT2D eigenvalue weighted by Crippen LogP contribution is -2.76. The van der Waals surface area contributed by atoms with Gasteiger partial charge in [-0.3, -0.25) is 9.80 Å². The number of hydrogen-bond donors (Lipinski definition) is 2. The van der Waals surface area contributed by atoms with E-state index >= 15 is 0 Å². The van der Waals surface area contributed by atoms with Crippen LogP contribution >= 0.6 is 0 Å². The number of likely N-dealkylation sites (tertiary alicyclic amines) is 2. The molecule has 2 saturated heterocycles. The van der Waals surface area contributed by atoms with Gasteiger partial charge >= 0.3 is 0 Å². The van der Waals surface area contributed by atoms with Gasteiger partial charge in [0.05, 0.1) is 0 Å². The summed E-state index contributed by atoms with van der Waals surface area (Å²) in [7, 11) is 0. The summed E-state index contributed by atoms with van der Waals surface area (Å²) in [6.45, 7) is 24.3. The van der Waals surface area contributed by atoms with Crippen molar-refractivity contribution in [2.24, 2.45) is 0 Å². The van der Waals surface area contributed by atoms with Crippen molar-refractivity contribution in [3.8, 4) is 0 Å². The van der Waals surface area contributed by atoms with Gasteiger partial charge in [0.15, 0.2) is 0 Å². The predicted molar refractivity (Wildman–Crippen MR) is 100 cm³/mol. The number of nitrogens with one attached hydrogen (secondary N) is 2. The minimum atomic E-state index is 0.162. The lowest BCUT2D eigenvalue weighted by Gasteiger charge is -2.57. The third-order valence-corrected chi connectivity index (χ3v) is 5.42. The van der Waals surface area contributed by atoms with E-state index in [9.17, 15) is 0 Å². The predicted octanol–water partition coefficient (Wildman–Crippen LogP) is 2.30. The molecular weight excluding hydrogens is 284 g/mol. The molecule has 0 atom stereocenters. The quantitative estimate of drug-likeness (QED) is 0.717. The minimum absolute atomic E-state index is 0.162. The van der Waals surface area contributed by atoms with Crippen LogP contribution < -0.4 is 10.6 Å². The molecule has 0 aromatic heterocycles. The van der Waals surface area contributed by atoms with E-state index in [0.29, 0.717) is 17.6 Å². The van der Waals surface area contributed by atoms with Crippen LogP contribution in [-0.2, 0) is 0 Å². The molecule has 0 aliphatic carbocycles. The van der Waals surface area contributed by atoms with Crippen LogP contribution in [0, 0.1) is 0 Å². The maximum absolute atomic E-state index is 3.94. The van der Waals surface area contributed by atoms with Crippen LogP contribution in [-0.4, -0.2) is 71.2 Å². The summed E-state index contributed by atoms with van der Waals surface area (Å²) in [6.07, 6.45) is 1.22. The van der Waals surface area contributed by atoms with E-state index < -0.39 is 0 Å². The van der Waals surface area contributed by atoms with Crippen molar-refractivity contribution in [1.29, 1.82) is 0 Å². The highest BCUT2D eigenvalue weighted by molar-refractivity contribution is 5.07. The Morgan fingerprint density at radius 1 is 1.04 bits per heavy atom. The zero-order valence-electron chi connectivity index (χ0n) is 16.8. The first-order chi connectivity index (χ1) is 10.5. The highest BCUT2D eigenvalue weighted by Crippen LogP contribution is 2.29. The Labute approximate surface area is 144 Å². The first-order valence-electron chi connectivity index (χ1n) is 9.52. The number of nitrogens with zero attached hydrogens (tertiary/aromatic N) is 2. The molecule has 4 heteroatoms. The molecule has 2 rings (SSSR count). The normalized spacial score (nSPS) is 24.8. The molecule has 2 fully saturated rings. The second kappa shape index (κ2) is 6.62. The van der Waals surface area contributed by atoms with Gasteiger partial charge in [-0.2, -0.15) is 0 Å². The molecule has 0 radical (unpaired) electrons. The Morgan fingerprint density at radius 2 is 1.61 bits per heavy atom. The maximum Gasteiger partial charge on any atom is 0.0436 e. The van der Waals surface area contributed by atoms with Crippen LogP contribution in [0.15, 0.2) is 0 Å². The van der Waals surface area contributed by atoms with E-state index in [0.717, 1.165) is 6.54 Å². The van der Waals surface area contributed by atoms with Gasteiger partial charge in [0.25, 0.3) is 0 Å². The van der Waals surface area contributed by atoms with E-state index in [-0.39, 0.29) is 11.1 Å². The van der Waals surface area contributed by atoms with Crippen LogP contribution in [0.4, 0.5) is 0 Å². The van der Waals surface area contributed by atoms with Gasteiger partial charge in [0, 0.05) is 61.4 Å². The van der Waals surface area contributed by atoms with Crippen LogP contribution in [0.3, 0.4) is 0 Å². The molecule has 2 heterocycles. The fraction of sp³-hybridized carbons (Fsp3) is 1.00. The lowest BCUT2D eigenvalue weighted by atomic mass is 9.83. The Morgan fingerprint density at radius 3 is 2.04 bits per heavy atom. The molecule has 0 saturated carbocycles. The largest absolute Gasteiger partial charge is 0.307 e. The molecule has 2 aliphatic rings. The van der Waals surface area contributed by atoms with Gasteiger partial charge in [-0.15, -0.1) is 0 Å². The van der Waals surface area contributed by atoms with Gasteiger partial charge in [0.2, 0.25) is 0 Å². The van der Waals surface area contributed by atoms with E-state index in [1.54, 1.807) is 0 Å².